The molecule has 0 aliphatic carbocycles. The van der Waals surface area contributed by atoms with Gasteiger partial charge in [-0.1, -0.05) is 30.0 Å². The predicted octanol–water partition coefficient (Wildman–Crippen LogP) is 3.46. The summed E-state index contributed by atoms with van der Waals surface area (Å²) in [5.74, 6) is 0.420. The second-order valence-corrected chi connectivity index (χ2v) is 7.62. The van der Waals surface area contributed by atoms with Crippen LogP contribution in [0.25, 0.3) is 10.2 Å². The van der Waals surface area contributed by atoms with Crippen molar-refractivity contribution < 1.29 is 9.53 Å². The van der Waals surface area contributed by atoms with Crippen LogP contribution in [0.2, 0.25) is 0 Å². The van der Waals surface area contributed by atoms with Crippen molar-refractivity contribution in [2.24, 2.45) is 0 Å². The summed E-state index contributed by atoms with van der Waals surface area (Å²) in [7, 11) is 1.64. The molecule has 2 aromatic heterocycles. The van der Waals surface area contributed by atoms with Gasteiger partial charge in [0.15, 0.2) is 4.34 Å². The zero-order valence-corrected chi connectivity index (χ0v) is 15.6. The second-order valence-electron chi connectivity index (χ2n) is 5.37. The van der Waals surface area contributed by atoms with Gasteiger partial charge in [0.1, 0.15) is 0 Å². The third-order valence-electron chi connectivity index (χ3n) is 3.59. The van der Waals surface area contributed by atoms with Crippen LogP contribution in [0.5, 0.6) is 0 Å². The maximum atomic E-state index is 12.6. The Balaban J connectivity index is 1.62. The summed E-state index contributed by atoms with van der Waals surface area (Å²) in [5.41, 5.74) is 1.85. The van der Waals surface area contributed by atoms with Crippen LogP contribution in [0.1, 0.15) is 5.69 Å². The molecule has 3 rings (SSSR count). The molecule has 130 valence electrons. The number of rotatable bonds is 8. The largest absolute Gasteiger partial charge is 0.383 e. The molecule has 0 radical (unpaired) electrons. The fourth-order valence-electron chi connectivity index (χ4n) is 2.31. The van der Waals surface area contributed by atoms with Crippen molar-refractivity contribution in [1.29, 1.82) is 0 Å². The third-order valence-corrected chi connectivity index (χ3v) is 5.75. The van der Waals surface area contributed by atoms with Gasteiger partial charge >= 0.3 is 0 Å². The minimum atomic E-state index is 0.0620. The number of methoxy groups -OCH3 is 1. The van der Waals surface area contributed by atoms with Crippen molar-refractivity contribution in [2.75, 3.05) is 26.0 Å². The molecule has 25 heavy (non-hydrogen) atoms. The summed E-state index contributed by atoms with van der Waals surface area (Å²) < 4.78 is 7.19. The van der Waals surface area contributed by atoms with Crippen LogP contribution < -0.4 is 0 Å². The number of carbonyl (C=O) groups excluding carboxylic acids is 1. The lowest BCUT2D eigenvalue weighted by atomic mass is 10.3. The summed E-state index contributed by atoms with van der Waals surface area (Å²) in [6, 6.07) is 13.7. The first-order chi connectivity index (χ1) is 12.3. The second kappa shape index (κ2) is 8.94. The number of benzene rings is 1. The van der Waals surface area contributed by atoms with E-state index in [1.165, 1.54) is 11.8 Å². The molecule has 1 aromatic carbocycles. The number of hydrogen-bond donors (Lipinski definition) is 0. The normalized spacial score (nSPS) is 10.9. The first kappa shape index (κ1) is 17.8. The van der Waals surface area contributed by atoms with E-state index >= 15 is 0 Å². The van der Waals surface area contributed by atoms with Crippen molar-refractivity contribution in [3.8, 4) is 0 Å². The number of nitrogens with zero attached hydrogens (tertiary/aromatic N) is 3. The number of ether oxygens (including phenoxy) is 1. The monoisotopic (exact) mass is 373 g/mol. The van der Waals surface area contributed by atoms with Gasteiger partial charge in [0.2, 0.25) is 5.91 Å². The molecule has 2 heterocycles. The Kier molecular flexibility index (Phi) is 6.38. The SMILES string of the molecule is COCCN(Cc1ccccn1)C(=O)CSc1nc2ccccc2s1. The molecule has 0 atom stereocenters. The van der Waals surface area contributed by atoms with Crippen molar-refractivity contribution in [3.63, 3.8) is 0 Å². The van der Waals surface area contributed by atoms with E-state index in [0.717, 1.165) is 20.3 Å². The first-order valence-electron chi connectivity index (χ1n) is 7.91. The van der Waals surface area contributed by atoms with Gasteiger partial charge < -0.3 is 9.64 Å². The van der Waals surface area contributed by atoms with Gasteiger partial charge in [-0.25, -0.2) is 4.98 Å². The van der Waals surface area contributed by atoms with Crippen LogP contribution in [0.3, 0.4) is 0 Å². The smallest absolute Gasteiger partial charge is 0.233 e. The molecule has 0 bridgehead atoms. The van der Waals surface area contributed by atoms with Crippen LogP contribution in [0.4, 0.5) is 0 Å². The highest BCUT2D eigenvalue weighted by molar-refractivity contribution is 8.01. The molecule has 0 spiro atoms. The quantitative estimate of drug-likeness (QED) is 0.566. The van der Waals surface area contributed by atoms with E-state index in [-0.39, 0.29) is 5.91 Å². The standard InChI is InChI=1S/C18H19N3O2S2/c1-23-11-10-21(12-14-6-4-5-9-19-14)17(22)13-24-18-20-15-7-2-3-8-16(15)25-18/h2-9H,10-13H2,1H3. The summed E-state index contributed by atoms with van der Waals surface area (Å²) in [6.07, 6.45) is 1.74. The van der Waals surface area contributed by atoms with E-state index in [0.29, 0.717) is 25.4 Å². The number of thioether (sulfide) groups is 1. The lowest BCUT2D eigenvalue weighted by molar-refractivity contribution is -0.129. The highest BCUT2D eigenvalue weighted by Crippen LogP contribution is 2.29. The molecular weight excluding hydrogens is 354 g/mol. The van der Waals surface area contributed by atoms with Crippen molar-refractivity contribution in [2.45, 2.75) is 10.9 Å². The maximum Gasteiger partial charge on any atom is 0.233 e. The van der Waals surface area contributed by atoms with E-state index < -0.39 is 0 Å². The molecule has 0 aliphatic heterocycles. The summed E-state index contributed by atoms with van der Waals surface area (Å²) in [4.78, 5) is 23.3. The number of pyridine rings is 1. The average Bonchev–Trinajstić information content (AvgIpc) is 3.07. The lowest BCUT2D eigenvalue weighted by Gasteiger charge is -2.21. The Morgan fingerprint density at radius 2 is 2.08 bits per heavy atom. The number of aromatic nitrogens is 2. The number of fused-ring (bicyclic) bond motifs is 1. The minimum absolute atomic E-state index is 0.0620. The van der Waals surface area contributed by atoms with Crippen LogP contribution >= 0.6 is 23.1 Å². The summed E-state index contributed by atoms with van der Waals surface area (Å²) >= 11 is 3.10. The topological polar surface area (TPSA) is 55.3 Å². The molecule has 1 amide bonds. The molecule has 0 fully saturated rings. The maximum absolute atomic E-state index is 12.6. The zero-order chi connectivity index (χ0) is 17.5. The van der Waals surface area contributed by atoms with Crippen LogP contribution in [0, 0.1) is 0 Å². The highest BCUT2D eigenvalue weighted by atomic mass is 32.2. The van der Waals surface area contributed by atoms with Gasteiger partial charge in [-0.05, 0) is 24.3 Å². The molecular formula is C18H19N3O2S2. The van der Waals surface area contributed by atoms with Gasteiger partial charge in [-0.15, -0.1) is 11.3 Å². The average molecular weight is 374 g/mol. The van der Waals surface area contributed by atoms with Gasteiger partial charge in [-0.3, -0.25) is 9.78 Å². The Morgan fingerprint density at radius 1 is 1.24 bits per heavy atom. The van der Waals surface area contributed by atoms with E-state index in [4.69, 9.17) is 4.74 Å². The fourth-order valence-corrected chi connectivity index (χ4v) is 4.28. The van der Waals surface area contributed by atoms with Crippen molar-refractivity contribution in [3.05, 3.63) is 54.4 Å². The Labute approximate surface area is 155 Å². The van der Waals surface area contributed by atoms with E-state index in [9.17, 15) is 4.79 Å². The number of para-hydroxylation sites is 1. The number of thiazole rings is 1. The van der Waals surface area contributed by atoms with Crippen molar-refractivity contribution >= 4 is 39.2 Å². The minimum Gasteiger partial charge on any atom is -0.383 e. The lowest BCUT2D eigenvalue weighted by Crippen LogP contribution is -2.35. The highest BCUT2D eigenvalue weighted by Gasteiger charge is 2.16. The predicted molar refractivity (Wildman–Crippen MR) is 102 cm³/mol. The summed E-state index contributed by atoms with van der Waals surface area (Å²) in [5, 5.41) is 0. The van der Waals surface area contributed by atoms with Gasteiger partial charge in [-0.2, -0.15) is 0 Å². The number of amides is 1. The van der Waals surface area contributed by atoms with Crippen LogP contribution in [-0.4, -0.2) is 46.8 Å². The molecule has 7 heteroatoms. The van der Waals surface area contributed by atoms with Crippen molar-refractivity contribution in [1.82, 2.24) is 14.9 Å². The molecule has 0 aliphatic rings. The molecule has 0 saturated carbocycles. The number of hydrogen-bond acceptors (Lipinski definition) is 6. The fraction of sp³-hybridized carbons (Fsp3) is 0.278. The first-order valence-corrected chi connectivity index (χ1v) is 9.71. The Hall–Kier alpha value is -1.96. The van der Waals surface area contributed by atoms with Gasteiger partial charge in [0.25, 0.3) is 0 Å². The zero-order valence-electron chi connectivity index (χ0n) is 13.9. The van der Waals surface area contributed by atoms with E-state index in [1.54, 1.807) is 29.5 Å². The molecule has 3 aromatic rings. The molecule has 0 saturated heterocycles. The Bertz CT molecular complexity index is 790. The van der Waals surface area contributed by atoms with E-state index in [2.05, 4.69) is 9.97 Å². The Morgan fingerprint density at radius 3 is 2.84 bits per heavy atom. The molecule has 5 nitrogen and oxygen atoms in total. The third kappa shape index (κ3) is 5.01. The van der Waals surface area contributed by atoms with Gasteiger partial charge in [0, 0.05) is 19.9 Å². The van der Waals surface area contributed by atoms with Crippen LogP contribution in [-0.2, 0) is 16.1 Å². The molecule has 0 N–H and O–H groups in total. The number of carbonyl (C=O) groups is 1. The van der Waals surface area contributed by atoms with E-state index in [1.807, 2.05) is 42.5 Å². The van der Waals surface area contributed by atoms with Crippen LogP contribution in [0.15, 0.2) is 53.0 Å². The summed E-state index contributed by atoms with van der Waals surface area (Å²) in [6.45, 7) is 1.54. The molecule has 0 unspecified atom stereocenters. The van der Waals surface area contributed by atoms with Gasteiger partial charge in [0.05, 0.1) is 34.8 Å².